The highest BCUT2D eigenvalue weighted by molar-refractivity contribution is 7.80. The van der Waals surface area contributed by atoms with E-state index in [4.69, 9.17) is 17.0 Å². The molecule has 102 valence electrons. The summed E-state index contributed by atoms with van der Waals surface area (Å²) in [6, 6.07) is 8.52. The first-order valence-corrected chi connectivity index (χ1v) is 6.82. The lowest BCUT2D eigenvalue weighted by molar-refractivity contribution is 0.179. The van der Waals surface area contributed by atoms with E-state index in [0.29, 0.717) is 11.7 Å². The van der Waals surface area contributed by atoms with Gasteiger partial charge in [-0.1, -0.05) is 24.3 Å². The van der Waals surface area contributed by atoms with Gasteiger partial charge in [0.15, 0.2) is 5.11 Å². The van der Waals surface area contributed by atoms with Crippen LogP contribution in [-0.4, -0.2) is 30.6 Å². The number of aryl methyl sites for hydroxylation is 1. The molecule has 2 rings (SSSR count). The maximum atomic E-state index is 5.19. The molecule has 0 aromatic heterocycles. The minimum Gasteiger partial charge on any atom is -0.383 e. The van der Waals surface area contributed by atoms with Gasteiger partial charge in [-0.15, -0.1) is 0 Å². The van der Waals surface area contributed by atoms with Gasteiger partial charge in [0.2, 0.25) is 0 Å². The van der Waals surface area contributed by atoms with Gasteiger partial charge in [0.05, 0.1) is 12.3 Å². The molecule has 0 saturated carbocycles. The SMILES string of the molecule is COC[C@@H](C)NC(=S)N/N=C1/CCc2ccccc21. The van der Waals surface area contributed by atoms with Crippen LogP contribution >= 0.6 is 12.2 Å². The summed E-state index contributed by atoms with van der Waals surface area (Å²) in [5.74, 6) is 0. The lowest BCUT2D eigenvalue weighted by atomic mass is 10.1. The van der Waals surface area contributed by atoms with Crippen molar-refractivity contribution in [2.24, 2.45) is 5.10 Å². The van der Waals surface area contributed by atoms with E-state index in [1.807, 2.05) is 13.0 Å². The zero-order chi connectivity index (χ0) is 13.7. The molecule has 19 heavy (non-hydrogen) atoms. The number of nitrogens with one attached hydrogen (secondary N) is 2. The van der Waals surface area contributed by atoms with Gasteiger partial charge in [-0.3, -0.25) is 5.43 Å². The second-order valence-electron chi connectivity index (χ2n) is 4.66. The Morgan fingerprint density at radius 1 is 1.42 bits per heavy atom. The number of fused-ring (bicyclic) bond motifs is 1. The van der Waals surface area contributed by atoms with Crippen molar-refractivity contribution in [1.29, 1.82) is 0 Å². The van der Waals surface area contributed by atoms with E-state index in [-0.39, 0.29) is 6.04 Å². The lowest BCUT2D eigenvalue weighted by Gasteiger charge is -2.14. The summed E-state index contributed by atoms with van der Waals surface area (Å²) in [4.78, 5) is 0. The van der Waals surface area contributed by atoms with Crippen molar-refractivity contribution in [2.45, 2.75) is 25.8 Å². The summed E-state index contributed by atoms with van der Waals surface area (Å²) in [5.41, 5.74) is 6.56. The average molecular weight is 277 g/mol. The molecule has 0 saturated heterocycles. The molecule has 0 bridgehead atoms. The number of rotatable bonds is 4. The molecular formula is C14H19N3OS. The van der Waals surface area contributed by atoms with Gasteiger partial charge in [0.1, 0.15) is 0 Å². The molecule has 0 unspecified atom stereocenters. The Morgan fingerprint density at radius 2 is 2.21 bits per heavy atom. The maximum absolute atomic E-state index is 5.19. The van der Waals surface area contributed by atoms with Gasteiger partial charge in [-0.25, -0.2) is 0 Å². The normalized spacial score (nSPS) is 17.1. The molecule has 4 nitrogen and oxygen atoms in total. The van der Waals surface area contributed by atoms with Crippen LogP contribution in [0.2, 0.25) is 0 Å². The van der Waals surface area contributed by atoms with E-state index < -0.39 is 0 Å². The van der Waals surface area contributed by atoms with Crippen LogP contribution < -0.4 is 10.7 Å². The molecule has 0 spiro atoms. The van der Waals surface area contributed by atoms with Crippen LogP contribution in [0.1, 0.15) is 24.5 Å². The molecule has 0 fully saturated rings. The quantitative estimate of drug-likeness (QED) is 0.651. The van der Waals surface area contributed by atoms with Crippen LogP contribution in [0.15, 0.2) is 29.4 Å². The van der Waals surface area contributed by atoms with Crippen molar-refractivity contribution in [1.82, 2.24) is 10.7 Å². The third-order valence-electron chi connectivity index (χ3n) is 3.05. The molecule has 2 N–H and O–H groups in total. The van der Waals surface area contributed by atoms with Crippen LogP contribution in [0, 0.1) is 0 Å². The van der Waals surface area contributed by atoms with E-state index in [1.165, 1.54) is 11.1 Å². The fourth-order valence-electron chi connectivity index (χ4n) is 2.19. The number of hydrogen-bond donors (Lipinski definition) is 2. The van der Waals surface area contributed by atoms with Crippen molar-refractivity contribution in [2.75, 3.05) is 13.7 Å². The lowest BCUT2D eigenvalue weighted by Crippen LogP contribution is -2.40. The number of ether oxygens (including phenoxy) is 1. The summed E-state index contributed by atoms with van der Waals surface area (Å²) >= 11 is 5.19. The number of hydrazone groups is 1. The summed E-state index contributed by atoms with van der Waals surface area (Å²) < 4.78 is 5.04. The molecule has 1 aromatic rings. The molecule has 0 heterocycles. The molecule has 0 amide bonds. The third kappa shape index (κ3) is 3.75. The Balaban J connectivity index is 1.92. The minimum atomic E-state index is 0.168. The maximum Gasteiger partial charge on any atom is 0.187 e. The highest BCUT2D eigenvalue weighted by Crippen LogP contribution is 2.21. The number of methoxy groups -OCH3 is 1. The van der Waals surface area contributed by atoms with Gasteiger partial charge in [0.25, 0.3) is 0 Å². The number of hydrogen-bond acceptors (Lipinski definition) is 3. The van der Waals surface area contributed by atoms with Crippen LogP contribution in [0.5, 0.6) is 0 Å². The van der Waals surface area contributed by atoms with Gasteiger partial charge in [-0.05, 0) is 37.5 Å². The van der Waals surface area contributed by atoms with Gasteiger partial charge < -0.3 is 10.1 Å². The van der Waals surface area contributed by atoms with Gasteiger partial charge >= 0.3 is 0 Å². The minimum absolute atomic E-state index is 0.168. The van der Waals surface area contributed by atoms with Crippen molar-refractivity contribution in [3.63, 3.8) is 0 Å². The fourth-order valence-corrected chi connectivity index (χ4v) is 2.44. The summed E-state index contributed by atoms with van der Waals surface area (Å²) in [6.45, 7) is 2.62. The third-order valence-corrected chi connectivity index (χ3v) is 3.26. The molecular weight excluding hydrogens is 258 g/mol. The molecule has 1 atom stereocenters. The Labute approximate surface area is 119 Å². The highest BCUT2D eigenvalue weighted by Gasteiger charge is 2.16. The summed E-state index contributed by atoms with van der Waals surface area (Å²) in [7, 11) is 1.67. The Hall–Kier alpha value is -1.46. The van der Waals surface area contributed by atoms with E-state index in [9.17, 15) is 0 Å². The van der Waals surface area contributed by atoms with Crippen molar-refractivity contribution >= 4 is 23.0 Å². The molecule has 1 aromatic carbocycles. The first-order chi connectivity index (χ1) is 9.20. The smallest absolute Gasteiger partial charge is 0.187 e. The van der Waals surface area contributed by atoms with E-state index >= 15 is 0 Å². The van der Waals surface area contributed by atoms with Crippen molar-refractivity contribution < 1.29 is 4.74 Å². The van der Waals surface area contributed by atoms with Crippen LogP contribution in [0.4, 0.5) is 0 Å². The van der Waals surface area contributed by atoms with Crippen LogP contribution in [-0.2, 0) is 11.2 Å². The standard InChI is InChI=1S/C14H19N3OS/c1-10(9-18-2)15-14(19)17-16-13-8-7-11-5-3-4-6-12(11)13/h3-6,10H,7-9H2,1-2H3,(H2,15,17,19)/b16-13-/t10-/m1/s1. The van der Waals surface area contributed by atoms with E-state index in [2.05, 4.69) is 34.0 Å². The predicted molar refractivity (Wildman–Crippen MR) is 81.5 cm³/mol. The monoisotopic (exact) mass is 277 g/mol. The number of thiocarbonyl (C=S) groups is 1. The average Bonchev–Trinajstić information content (AvgIpc) is 2.80. The molecule has 0 aliphatic heterocycles. The van der Waals surface area contributed by atoms with Crippen molar-refractivity contribution in [3.8, 4) is 0 Å². The first kappa shape index (κ1) is 14.0. The Morgan fingerprint density at radius 3 is 3.00 bits per heavy atom. The molecule has 1 aliphatic rings. The van der Waals surface area contributed by atoms with Crippen LogP contribution in [0.25, 0.3) is 0 Å². The number of benzene rings is 1. The topological polar surface area (TPSA) is 45.6 Å². The van der Waals surface area contributed by atoms with Gasteiger partial charge in [0, 0.05) is 18.7 Å². The second kappa shape index (κ2) is 6.63. The number of nitrogens with zero attached hydrogens (tertiary/aromatic N) is 1. The zero-order valence-electron chi connectivity index (χ0n) is 11.3. The Kier molecular flexibility index (Phi) is 4.87. The Bertz CT molecular complexity index is 487. The molecule has 5 heteroatoms. The largest absolute Gasteiger partial charge is 0.383 e. The molecule has 1 aliphatic carbocycles. The van der Waals surface area contributed by atoms with E-state index in [1.54, 1.807) is 7.11 Å². The van der Waals surface area contributed by atoms with Crippen molar-refractivity contribution in [3.05, 3.63) is 35.4 Å². The fraction of sp³-hybridized carbons (Fsp3) is 0.429. The predicted octanol–water partition coefficient (Wildman–Crippen LogP) is 1.84. The van der Waals surface area contributed by atoms with E-state index in [0.717, 1.165) is 18.6 Å². The molecule has 0 radical (unpaired) electrons. The highest BCUT2D eigenvalue weighted by atomic mass is 32.1. The summed E-state index contributed by atoms with van der Waals surface area (Å²) in [5, 5.41) is 8.05. The second-order valence-corrected chi connectivity index (χ2v) is 5.07. The zero-order valence-corrected chi connectivity index (χ0v) is 12.1. The van der Waals surface area contributed by atoms with Gasteiger partial charge in [-0.2, -0.15) is 5.10 Å². The first-order valence-electron chi connectivity index (χ1n) is 6.41. The summed E-state index contributed by atoms with van der Waals surface area (Å²) in [6.07, 6.45) is 2.01. The van der Waals surface area contributed by atoms with Crippen LogP contribution in [0.3, 0.4) is 0 Å².